The summed E-state index contributed by atoms with van der Waals surface area (Å²) in [4.78, 5) is 0. The molecular formula is C11H13F2NO2. The second-order valence-electron chi connectivity index (χ2n) is 4.33. The van der Waals surface area contributed by atoms with Crippen molar-refractivity contribution >= 4 is 0 Å². The fourth-order valence-corrected chi connectivity index (χ4v) is 2.31. The van der Waals surface area contributed by atoms with Gasteiger partial charge in [-0.25, -0.2) is 8.78 Å². The third-order valence-electron chi connectivity index (χ3n) is 3.24. The van der Waals surface area contributed by atoms with E-state index in [1.807, 2.05) is 0 Å². The highest BCUT2D eigenvalue weighted by Gasteiger charge is 2.46. The van der Waals surface area contributed by atoms with Gasteiger partial charge in [0.15, 0.2) is 11.6 Å². The summed E-state index contributed by atoms with van der Waals surface area (Å²) in [6.45, 7) is 0.139. The van der Waals surface area contributed by atoms with E-state index in [0.717, 1.165) is 6.07 Å². The molecule has 1 aliphatic rings. The minimum absolute atomic E-state index is 0.139. The van der Waals surface area contributed by atoms with Gasteiger partial charge < -0.3 is 15.9 Å². The van der Waals surface area contributed by atoms with Crippen molar-refractivity contribution in [2.24, 2.45) is 5.73 Å². The number of rotatable bonds is 2. The second kappa shape index (κ2) is 3.68. The van der Waals surface area contributed by atoms with E-state index < -0.39 is 28.9 Å². The molecule has 1 aromatic rings. The monoisotopic (exact) mass is 229 g/mol. The summed E-state index contributed by atoms with van der Waals surface area (Å²) in [5.41, 5.74) is 5.01. The van der Waals surface area contributed by atoms with Crippen LogP contribution in [0.3, 0.4) is 0 Å². The molecular weight excluding hydrogens is 216 g/mol. The van der Waals surface area contributed by atoms with Crippen LogP contribution in [0, 0.1) is 11.6 Å². The number of hydrogen-bond donors (Lipinski definition) is 3. The van der Waals surface area contributed by atoms with Crippen LogP contribution in [0.25, 0.3) is 0 Å². The van der Waals surface area contributed by atoms with Crippen LogP contribution in [0.4, 0.5) is 8.78 Å². The summed E-state index contributed by atoms with van der Waals surface area (Å²) < 4.78 is 26.2. The first-order chi connectivity index (χ1) is 7.48. The van der Waals surface area contributed by atoms with Crippen LogP contribution in [-0.2, 0) is 5.41 Å². The van der Waals surface area contributed by atoms with Gasteiger partial charge in [-0.1, -0.05) is 0 Å². The molecule has 0 radical (unpaired) electrons. The molecule has 4 N–H and O–H groups in total. The molecule has 0 amide bonds. The summed E-state index contributed by atoms with van der Waals surface area (Å²) in [6.07, 6.45) is 0.120. The van der Waals surface area contributed by atoms with E-state index in [1.54, 1.807) is 0 Å². The minimum Gasteiger partial charge on any atom is -0.505 e. The quantitative estimate of drug-likeness (QED) is 0.709. The lowest BCUT2D eigenvalue weighted by atomic mass is 9.62. The molecule has 5 heteroatoms. The third-order valence-corrected chi connectivity index (χ3v) is 3.24. The van der Waals surface area contributed by atoms with E-state index in [4.69, 9.17) is 5.73 Å². The van der Waals surface area contributed by atoms with E-state index in [9.17, 15) is 19.0 Å². The van der Waals surface area contributed by atoms with Gasteiger partial charge in [0.1, 0.15) is 5.82 Å². The van der Waals surface area contributed by atoms with Crippen molar-refractivity contribution in [1.29, 1.82) is 0 Å². The number of aliphatic hydroxyl groups excluding tert-OH is 1. The topological polar surface area (TPSA) is 66.5 Å². The second-order valence-corrected chi connectivity index (χ2v) is 4.33. The SMILES string of the molecule is NCC1(c2cc(F)cc(F)c2O)CC(O)C1. The Bertz CT molecular complexity index is 417. The fraction of sp³-hybridized carbons (Fsp3) is 0.455. The normalized spacial score (nSPS) is 28.9. The lowest BCUT2D eigenvalue weighted by Gasteiger charge is -2.45. The molecule has 2 rings (SSSR count). The van der Waals surface area contributed by atoms with Gasteiger partial charge in [0, 0.05) is 23.6 Å². The molecule has 0 aliphatic heterocycles. The molecule has 3 nitrogen and oxygen atoms in total. The number of nitrogens with two attached hydrogens (primary N) is 1. The molecule has 0 unspecified atom stereocenters. The van der Waals surface area contributed by atoms with Gasteiger partial charge >= 0.3 is 0 Å². The Morgan fingerprint density at radius 2 is 2.00 bits per heavy atom. The molecule has 88 valence electrons. The zero-order valence-electron chi connectivity index (χ0n) is 8.58. The van der Waals surface area contributed by atoms with Crippen molar-refractivity contribution in [2.75, 3.05) is 6.54 Å². The molecule has 0 bridgehead atoms. The minimum atomic E-state index is -0.996. The summed E-state index contributed by atoms with van der Waals surface area (Å²) in [5.74, 6) is -2.32. The van der Waals surface area contributed by atoms with Crippen LogP contribution in [0.2, 0.25) is 0 Å². The first-order valence-corrected chi connectivity index (χ1v) is 5.05. The van der Waals surface area contributed by atoms with Gasteiger partial charge in [-0.05, 0) is 18.9 Å². The van der Waals surface area contributed by atoms with Crippen molar-refractivity contribution < 1.29 is 19.0 Å². The average molecular weight is 229 g/mol. The van der Waals surface area contributed by atoms with E-state index in [2.05, 4.69) is 0 Å². The van der Waals surface area contributed by atoms with Crippen molar-refractivity contribution in [3.8, 4) is 5.75 Å². The van der Waals surface area contributed by atoms with Crippen molar-refractivity contribution in [3.63, 3.8) is 0 Å². The molecule has 16 heavy (non-hydrogen) atoms. The highest BCUT2D eigenvalue weighted by Crippen LogP contribution is 2.47. The average Bonchev–Trinajstić information content (AvgIpc) is 2.18. The maximum atomic E-state index is 13.2. The van der Waals surface area contributed by atoms with Crippen LogP contribution >= 0.6 is 0 Å². The fourth-order valence-electron chi connectivity index (χ4n) is 2.31. The molecule has 1 aromatic carbocycles. The zero-order valence-corrected chi connectivity index (χ0v) is 8.58. The molecule has 1 aliphatic carbocycles. The zero-order chi connectivity index (χ0) is 11.9. The van der Waals surface area contributed by atoms with Crippen LogP contribution in [0.1, 0.15) is 18.4 Å². The first-order valence-electron chi connectivity index (χ1n) is 5.05. The highest BCUT2D eigenvalue weighted by molar-refractivity contribution is 5.42. The Balaban J connectivity index is 2.47. The first kappa shape index (κ1) is 11.3. The highest BCUT2D eigenvalue weighted by atomic mass is 19.1. The van der Waals surface area contributed by atoms with E-state index in [-0.39, 0.29) is 12.1 Å². The largest absolute Gasteiger partial charge is 0.505 e. The third kappa shape index (κ3) is 1.56. The predicted octanol–water partition coefficient (Wildman–Crippen LogP) is 1.02. The van der Waals surface area contributed by atoms with Gasteiger partial charge in [-0.3, -0.25) is 0 Å². The lowest BCUT2D eigenvalue weighted by Crippen LogP contribution is -2.49. The molecule has 0 spiro atoms. The Hall–Kier alpha value is -1.20. The van der Waals surface area contributed by atoms with Gasteiger partial charge in [-0.15, -0.1) is 0 Å². The van der Waals surface area contributed by atoms with Crippen LogP contribution < -0.4 is 5.73 Å². The van der Waals surface area contributed by atoms with E-state index in [0.29, 0.717) is 18.9 Å². The lowest BCUT2D eigenvalue weighted by molar-refractivity contribution is 0.0207. The number of benzene rings is 1. The predicted molar refractivity (Wildman–Crippen MR) is 54.0 cm³/mol. The smallest absolute Gasteiger partial charge is 0.168 e. The summed E-state index contributed by atoms with van der Waals surface area (Å²) in [5, 5.41) is 18.8. The number of hydrogen-bond acceptors (Lipinski definition) is 3. The van der Waals surface area contributed by atoms with Gasteiger partial charge in [0.2, 0.25) is 0 Å². The van der Waals surface area contributed by atoms with Gasteiger partial charge in [0.25, 0.3) is 0 Å². The number of aliphatic hydroxyl groups is 1. The van der Waals surface area contributed by atoms with E-state index >= 15 is 0 Å². The Morgan fingerprint density at radius 3 is 2.50 bits per heavy atom. The Kier molecular flexibility index (Phi) is 2.59. The van der Waals surface area contributed by atoms with Crippen LogP contribution in [-0.4, -0.2) is 22.9 Å². The number of aromatic hydroxyl groups is 1. The molecule has 0 saturated heterocycles. The van der Waals surface area contributed by atoms with Crippen molar-refractivity contribution in [1.82, 2.24) is 0 Å². The Labute approximate surface area is 91.5 Å². The van der Waals surface area contributed by atoms with Crippen LogP contribution in [0.5, 0.6) is 5.75 Å². The number of phenols is 1. The standard InChI is InChI=1S/C11H13F2NO2/c12-6-1-8(10(16)9(13)2-6)11(5-14)3-7(15)4-11/h1-2,7,15-16H,3-5,14H2. The number of phenolic OH excluding ortho intramolecular Hbond substituents is 1. The van der Waals surface area contributed by atoms with Crippen LogP contribution in [0.15, 0.2) is 12.1 Å². The molecule has 0 aromatic heterocycles. The number of halogens is 2. The van der Waals surface area contributed by atoms with Crippen molar-refractivity contribution in [2.45, 2.75) is 24.4 Å². The summed E-state index contributed by atoms with van der Waals surface area (Å²) >= 11 is 0. The van der Waals surface area contributed by atoms with Crippen molar-refractivity contribution in [3.05, 3.63) is 29.3 Å². The van der Waals surface area contributed by atoms with E-state index in [1.165, 1.54) is 0 Å². The maximum absolute atomic E-state index is 13.2. The summed E-state index contributed by atoms with van der Waals surface area (Å²) in [6, 6.07) is 1.70. The maximum Gasteiger partial charge on any atom is 0.168 e. The molecule has 1 fully saturated rings. The van der Waals surface area contributed by atoms with Gasteiger partial charge in [0.05, 0.1) is 6.10 Å². The van der Waals surface area contributed by atoms with Gasteiger partial charge in [-0.2, -0.15) is 0 Å². The molecule has 1 saturated carbocycles. The Morgan fingerprint density at radius 1 is 1.38 bits per heavy atom. The summed E-state index contributed by atoms with van der Waals surface area (Å²) in [7, 11) is 0. The molecule has 0 heterocycles. The molecule has 0 atom stereocenters.